The highest BCUT2D eigenvalue weighted by atomic mass is 16.5. The van der Waals surface area contributed by atoms with E-state index in [0.717, 1.165) is 58.2 Å². The van der Waals surface area contributed by atoms with Gasteiger partial charge in [-0.05, 0) is 38.0 Å². The van der Waals surface area contributed by atoms with Crippen LogP contribution in [0.25, 0.3) is 0 Å². The van der Waals surface area contributed by atoms with E-state index in [2.05, 4.69) is 0 Å². The second kappa shape index (κ2) is 6.55. The van der Waals surface area contributed by atoms with Crippen LogP contribution in [0.3, 0.4) is 0 Å². The fourth-order valence-corrected chi connectivity index (χ4v) is 3.59. The topological polar surface area (TPSA) is 46.5 Å². The Labute approximate surface area is 110 Å². The quantitative estimate of drug-likeness (QED) is 0.836. The highest BCUT2D eigenvalue weighted by molar-refractivity contribution is 5.74. The van der Waals surface area contributed by atoms with Crippen molar-refractivity contribution in [1.29, 1.82) is 0 Å². The molecule has 1 heterocycles. The van der Waals surface area contributed by atoms with Gasteiger partial charge in [-0.15, -0.1) is 0 Å². The second-order valence-corrected chi connectivity index (χ2v) is 6.11. The first-order chi connectivity index (χ1) is 8.73. The van der Waals surface area contributed by atoms with Crippen LogP contribution in [-0.2, 0) is 9.53 Å². The summed E-state index contributed by atoms with van der Waals surface area (Å²) in [5, 5.41) is 9.70. The summed E-state index contributed by atoms with van der Waals surface area (Å²) in [5.74, 6) is 0.0187. The molecule has 0 aromatic heterocycles. The molecular weight excluding hydrogens is 228 g/mol. The van der Waals surface area contributed by atoms with Crippen LogP contribution in [0.5, 0.6) is 0 Å². The number of hydrogen-bond donors (Lipinski definition) is 1. The molecule has 0 unspecified atom stereocenters. The van der Waals surface area contributed by atoms with Crippen LogP contribution in [-0.4, -0.2) is 24.3 Å². The molecule has 2 aliphatic rings. The average Bonchev–Trinajstić information content (AvgIpc) is 2.34. The number of ether oxygens (including phenoxy) is 1. The van der Waals surface area contributed by atoms with Crippen LogP contribution in [0.1, 0.15) is 64.2 Å². The predicted octanol–water partition coefficient (Wildman–Crippen LogP) is 3.62. The lowest BCUT2D eigenvalue weighted by Gasteiger charge is -2.35. The van der Waals surface area contributed by atoms with Crippen molar-refractivity contribution in [2.75, 3.05) is 13.2 Å². The van der Waals surface area contributed by atoms with Crippen molar-refractivity contribution in [1.82, 2.24) is 0 Å². The summed E-state index contributed by atoms with van der Waals surface area (Å²) in [7, 11) is 0. The van der Waals surface area contributed by atoms with E-state index in [0.29, 0.717) is 5.92 Å². The molecule has 104 valence electrons. The third-order valence-corrected chi connectivity index (χ3v) is 4.78. The molecule has 1 aliphatic carbocycles. The molecule has 0 radical (unpaired) electrons. The molecule has 3 nitrogen and oxygen atoms in total. The lowest BCUT2D eigenvalue weighted by atomic mass is 9.69. The molecule has 1 saturated heterocycles. The van der Waals surface area contributed by atoms with Gasteiger partial charge < -0.3 is 9.84 Å². The molecule has 0 aromatic rings. The van der Waals surface area contributed by atoms with Gasteiger partial charge in [-0.1, -0.05) is 32.1 Å². The minimum Gasteiger partial charge on any atom is -0.481 e. The molecule has 0 bridgehead atoms. The van der Waals surface area contributed by atoms with Crippen molar-refractivity contribution in [2.24, 2.45) is 11.3 Å². The monoisotopic (exact) mass is 254 g/mol. The molecule has 1 N–H and O–H groups in total. The maximum atomic E-state index is 11.8. The maximum absolute atomic E-state index is 11.8. The summed E-state index contributed by atoms with van der Waals surface area (Å²) in [6, 6.07) is 0. The van der Waals surface area contributed by atoms with Crippen LogP contribution in [0.4, 0.5) is 0 Å². The van der Waals surface area contributed by atoms with E-state index < -0.39 is 11.4 Å². The number of carboxylic acids is 1. The zero-order valence-electron chi connectivity index (χ0n) is 11.3. The Morgan fingerprint density at radius 3 is 2.17 bits per heavy atom. The van der Waals surface area contributed by atoms with E-state index >= 15 is 0 Å². The average molecular weight is 254 g/mol. The Kier molecular flexibility index (Phi) is 5.04. The predicted molar refractivity (Wildman–Crippen MR) is 70.5 cm³/mol. The summed E-state index contributed by atoms with van der Waals surface area (Å²) in [6.45, 7) is 1.64. The molecule has 0 amide bonds. The Bertz CT molecular complexity index is 261. The molecular formula is C15H26O3. The largest absolute Gasteiger partial charge is 0.481 e. The van der Waals surface area contributed by atoms with Crippen molar-refractivity contribution in [3.63, 3.8) is 0 Å². The van der Waals surface area contributed by atoms with Gasteiger partial charge in [0.2, 0.25) is 0 Å². The van der Waals surface area contributed by atoms with Gasteiger partial charge in [0, 0.05) is 13.2 Å². The third kappa shape index (κ3) is 3.47. The number of carbonyl (C=O) groups is 1. The van der Waals surface area contributed by atoms with Gasteiger partial charge >= 0.3 is 5.97 Å². The minimum atomic E-state index is -0.545. The normalized spacial score (nSPS) is 26.2. The molecule has 0 spiro atoms. The third-order valence-electron chi connectivity index (χ3n) is 4.78. The van der Waals surface area contributed by atoms with Crippen LogP contribution >= 0.6 is 0 Å². The molecule has 0 aromatic carbocycles. The Morgan fingerprint density at radius 1 is 1.06 bits per heavy atom. The lowest BCUT2D eigenvalue weighted by Crippen LogP contribution is -2.35. The number of hydrogen-bond acceptors (Lipinski definition) is 2. The smallest absolute Gasteiger partial charge is 0.309 e. The van der Waals surface area contributed by atoms with Crippen molar-refractivity contribution in [3.05, 3.63) is 0 Å². The summed E-state index contributed by atoms with van der Waals surface area (Å²) in [5.41, 5.74) is -0.428. The SMILES string of the molecule is O=C(O)C1(CC2CCOCC2)CCCCCCC1. The van der Waals surface area contributed by atoms with E-state index in [9.17, 15) is 9.90 Å². The van der Waals surface area contributed by atoms with Crippen molar-refractivity contribution in [2.45, 2.75) is 64.2 Å². The minimum absolute atomic E-state index is 0.428. The van der Waals surface area contributed by atoms with Crippen molar-refractivity contribution >= 4 is 5.97 Å². The van der Waals surface area contributed by atoms with E-state index in [4.69, 9.17) is 4.74 Å². The van der Waals surface area contributed by atoms with Gasteiger partial charge in [0.15, 0.2) is 0 Å². The van der Waals surface area contributed by atoms with Gasteiger partial charge in [0.25, 0.3) is 0 Å². The van der Waals surface area contributed by atoms with Crippen LogP contribution in [0.15, 0.2) is 0 Å². The van der Waals surface area contributed by atoms with Crippen LogP contribution in [0, 0.1) is 11.3 Å². The van der Waals surface area contributed by atoms with E-state index in [1.165, 1.54) is 19.3 Å². The molecule has 1 aliphatic heterocycles. The summed E-state index contributed by atoms with van der Waals surface area (Å²) < 4.78 is 5.38. The van der Waals surface area contributed by atoms with Crippen LogP contribution in [0.2, 0.25) is 0 Å². The van der Waals surface area contributed by atoms with Gasteiger partial charge in [-0.2, -0.15) is 0 Å². The fraction of sp³-hybridized carbons (Fsp3) is 0.933. The van der Waals surface area contributed by atoms with Gasteiger partial charge in [0.1, 0.15) is 0 Å². The van der Waals surface area contributed by atoms with Gasteiger partial charge in [0.05, 0.1) is 5.41 Å². The van der Waals surface area contributed by atoms with Crippen molar-refractivity contribution < 1.29 is 14.6 Å². The second-order valence-electron chi connectivity index (χ2n) is 6.11. The molecule has 3 heteroatoms. The Hall–Kier alpha value is -0.570. The molecule has 2 rings (SSSR count). The molecule has 2 fully saturated rings. The zero-order valence-corrected chi connectivity index (χ0v) is 11.3. The van der Waals surface area contributed by atoms with Crippen molar-refractivity contribution in [3.8, 4) is 0 Å². The van der Waals surface area contributed by atoms with E-state index in [1.807, 2.05) is 0 Å². The number of rotatable bonds is 3. The standard InChI is InChI=1S/C15H26O3/c16-14(17)15(8-4-2-1-3-5-9-15)12-13-6-10-18-11-7-13/h13H,1-12H2,(H,16,17). The Balaban J connectivity index is 2.01. The summed E-state index contributed by atoms with van der Waals surface area (Å²) >= 11 is 0. The first-order valence-corrected chi connectivity index (χ1v) is 7.54. The molecule has 0 atom stereocenters. The van der Waals surface area contributed by atoms with E-state index in [1.54, 1.807) is 0 Å². The Morgan fingerprint density at radius 2 is 1.61 bits per heavy atom. The highest BCUT2D eigenvalue weighted by Gasteiger charge is 2.40. The van der Waals surface area contributed by atoms with Gasteiger partial charge in [-0.3, -0.25) is 4.79 Å². The van der Waals surface area contributed by atoms with E-state index in [-0.39, 0.29) is 0 Å². The fourth-order valence-electron chi connectivity index (χ4n) is 3.59. The summed E-state index contributed by atoms with van der Waals surface area (Å²) in [4.78, 5) is 11.8. The molecule has 18 heavy (non-hydrogen) atoms. The highest BCUT2D eigenvalue weighted by Crippen LogP contribution is 2.42. The van der Waals surface area contributed by atoms with Gasteiger partial charge in [-0.25, -0.2) is 0 Å². The zero-order chi connectivity index (χ0) is 12.8. The van der Waals surface area contributed by atoms with Crippen LogP contribution < -0.4 is 0 Å². The first-order valence-electron chi connectivity index (χ1n) is 7.54. The maximum Gasteiger partial charge on any atom is 0.309 e. The number of aliphatic carboxylic acids is 1. The molecule has 1 saturated carbocycles. The lowest BCUT2D eigenvalue weighted by molar-refractivity contribution is -0.152. The summed E-state index contributed by atoms with van der Waals surface area (Å²) in [6.07, 6.45) is 10.7. The first kappa shape index (κ1) is 13.9. The number of carboxylic acid groups (broad SMARTS) is 1.